The highest BCUT2D eigenvalue weighted by atomic mass is 19.4. The Morgan fingerprint density at radius 3 is 2.50 bits per heavy atom. The van der Waals surface area contributed by atoms with Gasteiger partial charge in [-0.25, -0.2) is 4.79 Å². The van der Waals surface area contributed by atoms with Crippen LogP contribution < -0.4 is 0 Å². The number of rotatable bonds is 5. The number of halogens is 3. The van der Waals surface area contributed by atoms with E-state index >= 15 is 0 Å². The summed E-state index contributed by atoms with van der Waals surface area (Å²) in [4.78, 5) is 16.1. The maximum Gasteiger partial charge on any atom is 0.510 e. The number of aromatic nitrogens is 4. The van der Waals surface area contributed by atoms with Gasteiger partial charge in [-0.2, -0.15) is 18.4 Å². The number of hydrogen-bond acceptors (Lipinski definition) is 7. The molecule has 0 saturated carbocycles. The van der Waals surface area contributed by atoms with Crippen LogP contribution in [-0.4, -0.2) is 32.7 Å². The standard InChI is InChI=1S/C21H18F3N5O3/c1-4-31-20(30)32-13(3)29-27-17(10-25)19(28-29)16-8-12(2)7-15(9-16)14-5-6-18(26-11-14)21(22,23)24/h5-9,11,13H,4H2,1-3H3. The van der Waals surface area contributed by atoms with Crippen LogP contribution in [0.4, 0.5) is 18.0 Å². The van der Waals surface area contributed by atoms with Crippen LogP contribution in [0.15, 0.2) is 36.5 Å². The second-order valence-corrected chi connectivity index (χ2v) is 6.75. The van der Waals surface area contributed by atoms with Crippen molar-refractivity contribution in [2.45, 2.75) is 33.2 Å². The van der Waals surface area contributed by atoms with Crippen LogP contribution in [0.3, 0.4) is 0 Å². The smallest absolute Gasteiger partial charge is 0.435 e. The molecule has 0 bridgehead atoms. The molecular weight excluding hydrogens is 427 g/mol. The van der Waals surface area contributed by atoms with Gasteiger partial charge < -0.3 is 9.47 Å². The summed E-state index contributed by atoms with van der Waals surface area (Å²) >= 11 is 0. The van der Waals surface area contributed by atoms with Crippen LogP contribution in [0, 0.1) is 18.3 Å². The van der Waals surface area contributed by atoms with Crippen molar-refractivity contribution in [3.05, 3.63) is 53.5 Å². The van der Waals surface area contributed by atoms with Gasteiger partial charge in [-0.3, -0.25) is 4.98 Å². The molecule has 11 heteroatoms. The fraction of sp³-hybridized carbons (Fsp3) is 0.286. The first kappa shape index (κ1) is 22.7. The average molecular weight is 445 g/mol. The fourth-order valence-electron chi connectivity index (χ4n) is 2.91. The van der Waals surface area contributed by atoms with E-state index in [1.807, 2.05) is 6.07 Å². The Morgan fingerprint density at radius 2 is 1.91 bits per heavy atom. The largest absolute Gasteiger partial charge is 0.510 e. The second kappa shape index (κ2) is 9.05. The Kier molecular flexibility index (Phi) is 6.43. The van der Waals surface area contributed by atoms with E-state index in [-0.39, 0.29) is 18.0 Å². The fourth-order valence-corrected chi connectivity index (χ4v) is 2.91. The topological polar surface area (TPSA) is 103 Å². The molecule has 1 aromatic carbocycles. The van der Waals surface area contributed by atoms with E-state index in [0.717, 1.165) is 22.6 Å². The number of hydrogen-bond donors (Lipinski definition) is 0. The summed E-state index contributed by atoms with van der Waals surface area (Å²) in [5, 5.41) is 17.8. The predicted octanol–water partition coefficient (Wildman–Crippen LogP) is 4.90. The number of nitrogens with zero attached hydrogens (tertiary/aromatic N) is 5. The number of alkyl halides is 3. The molecule has 1 unspecified atom stereocenters. The first-order chi connectivity index (χ1) is 15.1. The third kappa shape index (κ3) is 5.03. The Hall–Kier alpha value is -3.94. The molecular formula is C21H18F3N5O3. The quantitative estimate of drug-likeness (QED) is 0.515. The lowest BCUT2D eigenvalue weighted by Gasteiger charge is -2.11. The van der Waals surface area contributed by atoms with Gasteiger partial charge in [0.05, 0.1) is 6.61 Å². The molecule has 3 aromatic rings. The number of aryl methyl sites for hydroxylation is 1. The molecule has 32 heavy (non-hydrogen) atoms. The molecule has 0 aliphatic rings. The van der Waals surface area contributed by atoms with Crippen LogP contribution >= 0.6 is 0 Å². The maximum absolute atomic E-state index is 12.8. The number of carbonyl (C=O) groups excluding carboxylic acids is 1. The van der Waals surface area contributed by atoms with Crippen molar-refractivity contribution in [3.8, 4) is 28.5 Å². The van der Waals surface area contributed by atoms with Crippen molar-refractivity contribution in [2.75, 3.05) is 6.61 Å². The van der Waals surface area contributed by atoms with Crippen LogP contribution in [0.25, 0.3) is 22.4 Å². The van der Waals surface area contributed by atoms with Gasteiger partial charge in [0.1, 0.15) is 17.5 Å². The lowest BCUT2D eigenvalue weighted by molar-refractivity contribution is -0.141. The normalized spacial score (nSPS) is 12.2. The molecule has 0 aliphatic heterocycles. The zero-order valence-electron chi connectivity index (χ0n) is 17.3. The summed E-state index contributed by atoms with van der Waals surface area (Å²) in [5.74, 6) is 0. The van der Waals surface area contributed by atoms with Crippen molar-refractivity contribution in [1.29, 1.82) is 5.26 Å². The summed E-state index contributed by atoms with van der Waals surface area (Å²) in [6, 6.07) is 9.38. The molecule has 2 heterocycles. The first-order valence-electron chi connectivity index (χ1n) is 9.48. The minimum absolute atomic E-state index is 0.00796. The van der Waals surface area contributed by atoms with Crippen molar-refractivity contribution >= 4 is 6.16 Å². The molecule has 0 aliphatic carbocycles. The number of pyridine rings is 1. The van der Waals surface area contributed by atoms with E-state index in [1.165, 1.54) is 13.0 Å². The zero-order valence-corrected chi connectivity index (χ0v) is 17.3. The minimum atomic E-state index is -4.53. The summed E-state index contributed by atoms with van der Waals surface area (Å²) in [6.07, 6.45) is -5.22. The minimum Gasteiger partial charge on any atom is -0.435 e. The highest BCUT2D eigenvalue weighted by molar-refractivity contribution is 5.74. The van der Waals surface area contributed by atoms with Crippen LogP contribution in [0.5, 0.6) is 0 Å². The summed E-state index contributed by atoms with van der Waals surface area (Å²) in [6.45, 7) is 5.08. The number of benzene rings is 1. The lowest BCUT2D eigenvalue weighted by atomic mass is 9.99. The third-order valence-electron chi connectivity index (χ3n) is 4.33. The van der Waals surface area contributed by atoms with E-state index < -0.39 is 24.3 Å². The highest BCUT2D eigenvalue weighted by Gasteiger charge is 2.32. The Morgan fingerprint density at radius 1 is 1.19 bits per heavy atom. The number of nitriles is 1. The predicted molar refractivity (Wildman–Crippen MR) is 106 cm³/mol. The second-order valence-electron chi connectivity index (χ2n) is 6.75. The van der Waals surface area contributed by atoms with E-state index in [2.05, 4.69) is 15.2 Å². The van der Waals surface area contributed by atoms with Gasteiger partial charge in [0, 0.05) is 17.3 Å². The van der Waals surface area contributed by atoms with Gasteiger partial charge in [-0.1, -0.05) is 12.1 Å². The molecule has 166 valence electrons. The number of carbonyl (C=O) groups is 1. The van der Waals surface area contributed by atoms with E-state index in [1.54, 1.807) is 32.0 Å². The molecule has 2 aromatic heterocycles. The van der Waals surface area contributed by atoms with E-state index in [9.17, 15) is 23.2 Å². The zero-order chi connectivity index (χ0) is 23.5. The van der Waals surface area contributed by atoms with Crippen molar-refractivity contribution in [3.63, 3.8) is 0 Å². The third-order valence-corrected chi connectivity index (χ3v) is 4.33. The van der Waals surface area contributed by atoms with Gasteiger partial charge in [0.2, 0.25) is 6.23 Å². The molecule has 0 saturated heterocycles. The van der Waals surface area contributed by atoms with Crippen LogP contribution in [0.1, 0.15) is 37.0 Å². The molecule has 0 spiro atoms. The summed E-state index contributed by atoms with van der Waals surface area (Å²) in [7, 11) is 0. The highest BCUT2D eigenvalue weighted by Crippen LogP contribution is 2.31. The van der Waals surface area contributed by atoms with Gasteiger partial charge in [-0.05, 0) is 50.1 Å². The van der Waals surface area contributed by atoms with E-state index in [0.29, 0.717) is 16.7 Å². The Bertz CT molecular complexity index is 1170. The summed E-state index contributed by atoms with van der Waals surface area (Å²) < 4.78 is 48.2. The van der Waals surface area contributed by atoms with Crippen molar-refractivity contribution in [1.82, 2.24) is 20.0 Å². The van der Waals surface area contributed by atoms with Crippen molar-refractivity contribution in [2.24, 2.45) is 0 Å². The van der Waals surface area contributed by atoms with Crippen molar-refractivity contribution < 1.29 is 27.4 Å². The molecule has 0 N–H and O–H groups in total. The summed E-state index contributed by atoms with van der Waals surface area (Å²) in [5.41, 5.74) is 1.60. The van der Waals surface area contributed by atoms with Gasteiger partial charge in [-0.15, -0.1) is 15.0 Å². The molecule has 0 fully saturated rings. The number of ether oxygens (including phenoxy) is 2. The lowest BCUT2D eigenvalue weighted by Crippen LogP contribution is -2.17. The average Bonchev–Trinajstić information content (AvgIpc) is 3.18. The Labute approximate surface area is 181 Å². The van der Waals surface area contributed by atoms with E-state index in [4.69, 9.17) is 9.47 Å². The van der Waals surface area contributed by atoms with Gasteiger partial charge in [0.25, 0.3) is 0 Å². The first-order valence-corrected chi connectivity index (χ1v) is 9.48. The molecule has 0 amide bonds. The monoisotopic (exact) mass is 445 g/mol. The molecule has 3 rings (SSSR count). The molecule has 1 atom stereocenters. The van der Waals surface area contributed by atoms with Crippen LogP contribution in [0.2, 0.25) is 0 Å². The van der Waals surface area contributed by atoms with Gasteiger partial charge in [0.15, 0.2) is 5.69 Å². The molecule has 8 nitrogen and oxygen atoms in total. The SMILES string of the molecule is CCOC(=O)OC(C)n1nc(C#N)c(-c2cc(C)cc(-c3ccc(C(F)(F)F)nc3)c2)n1. The van der Waals surface area contributed by atoms with Crippen LogP contribution in [-0.2, 0) is 15.7 Å². The maximum atomic E-state index is 12.8. The molecule has 0 radical (unpaired) electrons. The van der Waals surface area contributed by atoms with Gasteiger partial charge >= 0.3 is 12.3 Å². The Balaban J connectivity index is 1.97.